The van der Waals surface area contributed by atoms with Crippen LogP contribution in [0, 0.1) is 0 Å². The van der Waals surface area contributed by atoms with E-state index in [2.05, 4.69) is 4.99 Å². The number of hydrogen-bond acceptors (Lipinski definition) is 2. The van der Waals surface area contributed by atoms with Crippen LogP contribution in [0.15, 0.2) is 4.99 Å². The molecule has 0 fully saturated rings. The maximum absolute atomic E-state index is 11.7. The van der Waals surface area contributed by atoms with Crippen molar-refractivity contribution in [1.29, 1.82) is 0 Å². The number of aliphatic imine (C=N–C) groups is 1. The van der Waals surface area contributed by atoms with Crippen molar-refractivity contribution in [3.8, 4) is 0 Å². The molecule has 4 nitrogen and oxygen atoms in total. The van der Waals surface area contributed by atoms with E-state index in [0.717, 1.165) is 6.92 Å². The smallest absolute Gasteiger partial charge is 0.369 e. The highest BCUT2D eigenvalue weighted by atomic mass is 19.4. The molecule has 66 valence electrons. The predicted octanol–water partition coefficient (Wildman–Crippen LogP) is -0.285. The van der Waals surface area contributed by atoms with Gasteiger partial charge in [0, 0.05) is 0 Å². The van der Waals surface area contributed by atoms with Crippen molar-refractivity contribution in [3.63, 3.8) is 0 Å². The highest BCUT2D eigenvalue weighted by molar-refractivity contribution is 5.77. The van der Waals surface area contributed by atoms with Gasteiger partial charge in [-0.25, -0.2) is 10.8 Å². The number of hydrazine groups is 1. The second kappa shape index (κ2) is 3.42. The third-order valence-electron chi connectivity index (χ3n) is 0.954. The summed E-state index contributed by atoms with van der Waals surface area (Å²) in [5.74, 6) is 4.26. The van der Waals surface area contributed by atoms with E-state index in [0.29, 0.717) is 0 Å². The summed E-state index contributed by atoms with van der Waals surface area (Å²) in [4.78, 5) is 3.00. The molecule has 0 aliphatic carbocycles. The van der Waals surface area contributed by atoms with Gasteiger partial charge in [0.2, 0.25) is 5.96 Å². The van der Waals surface area contributed by atoms with Gasteiger partial charge in [0.1, 0.15) is 6.04 Å². The quantitative estimate of drug-likeness (QED) is 0.219. The van der Waals surface area contributed by atoms with E-state index < -0.39 is 18.2 Å². The molecule has 0 spiro atoms. The van der Waals surface area contributed by atoms with Crippen LogP contribution >= 0.6 is 0 Å². The Morgan fingerprint density at radius 1 is 1.55 bits per heavy atom. The van der Waals surface area contributed by atoms with Gasteiger partial charge in [0.25, 0.3) is 0 Å². The molecule has 0 aromatic carbocycles. The van der Waals surface area contributed by atoms with Crippen LogP contribution in [0.4, 0.5) is 13.2 Å². The van der Waals surface area contributed by atoms with Crippen molar-refractivity contribution in [2.45, 2.75) is 19.1 Å². The Kier molecular flexibility index (Phi) is 3.12. The minimum atomic E-state index is -4.37. The summed E-state index contributed by atoms with van der Waals surface area (Å²) in [5.41, 5.74) is 6.68. The van der Waals surface area contributed by atoms with Gasteiger partial charge in [-0.2, -0.15) is 13.2 Å². The van der Waals surface area contributed by atoms with E-state index in [1.54, 1.807) is 5.43 Å². The Labute approximate surface area is 61.4 Å². The van der Waals surface area contributed by atoms with Crippen LogP contribution in [0.2, 0.25) is 0 Å². The molecule has 0 radical (unpaired) electrons. The first-order chi connectivity index (χ1) is 4.88. The molecule has 0 aromatic rings. The van der Waals surface area contributed by atoms with Crippen molar-refractivity contribution in [3.05, 3.63) is 0 Å². The van der Waals surface area contributed by atoms with E-state index in [1.807, 2.05) is 0 Å². The van der Waals surface area contributed by atoms with Crippen LogP contribution in [0.1, 0.15) is 6.92 Å². The lowest BCUT2D eigenvalue weighted by Gasteiger charge is -2.11. The Morgan fingerprint density at radius 2 is 2.00 bits per heavy atom. The van der Waals surface area contributed by atoms with Crippen molar-refractivity contribution in [2.75, 3.05) is 0 Å². The molecule has 0 aliphatic heterocycles. The number of hydrogen-bond donors (Lipinski definition) is 3. The van der Waals surface area contributed by atoms with Gasteiger partial charge in [-0.05, 0) is 6.92 Å². The second-order valence-corrected chi connectivity index (χ2v) is 1.88. The summed E-state index contributed by atoms with van der Waals surface area (Å²) in [7, 11) is 0. The molecular weight excluding hydrogens is 161 g/mol. The summed E-state index contributed by atoms with van der Waals surface area (Å²) < 4.78 is 35.1. The Hall–Kier alpha value is -0.980. The van der Waals surface area contributed by atoms with Gasteiger partial charge in [-0.1, -0.05) is 0 Å². The van der Waals surface area contributed by atoms with E-state index in [9.17, 15) is 13.2 Å². The largest absolute Gasteiger partial charge is 0.410 e. The lowest BCUT2D eigenvalue weighted by molar-refractivity contribution is -0.142. The van der Waals surface area contributed by atoms with Gasteiger partial charge in [0.05, 0.1) is 0 Å². The topological polar surface area (TPSA) is 76.4 Å². The zero-order chi connectivity index (χ0) is 9.07. The lowest BCUT2D eigenvalue weighted by Crippen LogP contribution is -2.39. The highest BCUT2D eigenvalue weighted by Gasteiger charge is 2.35. The fraction of sp³-hybridized carbons (Fsp3) is 0.750. The van der Waals surface area contributed by atoms with Crippen LogP contribution < -0.4 is 17.0 Å². The maximum Gasteiger partial charge on any atom is 0.410 e. The first kappa shape index (κ1) is 10.0. The summed E-state index contributed by atoms with van der Waals surface area (Å²) in [6, 6.07) is -1.83. The van der Waals surface area contributed by atoms with E-state index >= 15 is 0 Å². The van der Waals surface area contributed by atoms with E-state index in [-0.39, 0.29) is 0 Å². The maximum atomic E-state index is 11.7. The van der Waals surface area contributed by atoms with E-state index in [1.165, 1.54) is 0 Å². The minimum absolute atomic E-state index is 0.435. The number of guanidine groups is 1. The SMILES string of the molecule is CC(N=C(N)NN)C(F)(F)F. The second-order valence-electron chi connectivity index (χ2n) is 1.88. The first-order valence-corrected chi connectivity index (χ1v) is 2.74. The summed E-state index contributed by atoms with van der Waals surface area (Å²) in [6.07, 6.45) is -4.37. The number of halogens is 3. The molecule has 0 aliphatic rings. The highest BCUT2D eigenvalue weighted by Crippen LogP contribution is 2.21. The monoisotopic (exact) mass is 170 g/mol. The van der Waals surface area contributed by atoms with Crippen LogP contribution in [0.5, 0.6) is 0 Å². The molecule has 0 rings (SSSR count). The van der Waals surface area contributed by atoms with Crippen LogP contribution in [-0.4, -0.2) is 18.2 Å². The molecule has 0 saturated carbocycles. The average molecular weight is 170 g/mol. The molecule has 0 bridgehead atoms. The number of alkyl halides is 3. The number of nitrogens with two attached hydrogens (primary N) is 2. The molecular formula is C4H9F3N4. The van der Waals surface area contributed by atoms with Crippen molar-refractivity contribution in [2.24, 2.45) is 16.6 Å². The van der Waals surface area contributed by atoms with Gasteiger partial charge in [0.15, 0.2) is 0 Å². The van der Waals surface area contributed by atoms with Gasteiger partial charge in [-0.3, -0.25) is 5.43 Å². The molecule has 1 unspecified atom stereocenters. The van der Waals surface area contributed by atoms with Crippen molar-refractivity contribution < 1.29 is 13.2 Å². The number of nitrogens with one attached hydrogen (secondary N) is 1. The van der Waals surface area contributed by atoms with Crippen LogP contribution in [-0.2, 0) is 0 Å². The predicted molar refractivity (Wildman–Crippen MR) is 34.5 cm³/mol. The summed E-state index contributed by atoms with van der Waals surface area (Å²) >= 11 is 0. The van der Waals surface area contributed by atoms with Crippen LogP contribution in [0.25, 0.3) is 0 Å². The van der Waals surface area contributed by atoms with E-state index in [4.69, 9.17) is 11.6 Å². The molecule has 11 heavy (non-hydrogen) atoms. The first-order valence-electron chi connectivity index (χ1n) is 2.74. The molecule has 0 saturated heterocycles. The number of nitrogens with zero attached hydrogens (tertiary/aromatic N) is 1. The van der Waals surface area contributed by atoms with Crippen molar-refractivity contribution in [1.82, 2.24) is 5.43 Å². The normalized spacial score (nSPS) is 16.3. The zero-order valence-corrected chi connectivity index (χ0v) is 5.81. The van der Waals surface area contributed by atoms with Gasteiger partial charge >= 0.3 is 6.18 Å². The van der Waals surface area contributed by atoms with Gasteiger partial charge in [-0.15, -0.1) is 0 Å². The molecule has 1 atom stereocenters. The molecule has 7 heteroatoms. The Bertz CT molecular complexity index is 152. The number of rotatable bonds is 1. The van der Waals surface area contributed by atoms with Crippen LogP contribution in [0.3, 0.4) is 0 Å². The minimum Gasteiger partial charge on any atom is -0.369 e. The molecule has 0 amide bonds. The van der Waals surface area contributed by atoms with Gasteiger partial charge < -0.3 is 5.73 Å². The van der Waals surface area contributed by atoms with Crippen molar-refractivity contribution >= 4 is 5.96 Å². The third kappa shape index (κ3) is 3.66. The fourth-order valence-corrected chi connectivity index (χ4v) is 0.319. The molecule has 0 heterocycles. The standard InChI is InChI=1S/C4H9F3N4/c1-2(4(5,6)7)10-3(8)11-9/h2H,9H2,1H3,(H3,8,10,11). The average Bonchev–Trinajstić information content (AvgIpc) is 1.85. The molecule has 0 aromatic heterocycles. The molecule has 5 N–H and O–H groups in total. The lowest BCUT2D eigenvalue weighted by atomic mass is 10.3. The Morgan fingerprint density at radius 3 is 2.27 bits per heavy atom. The fourth-order valence-electron chi connectivity index (χ4n) is 0.319. The zero-order valence-electron chi connectivity index (χ0n) is 5.81. The Balaban J connectivity index is 4.17. The summed E-state index contributed by atoms with van der Waals surface area (Å²) in [6.45, 7) is 0.879. The summed E-state index contributed by atoms with van der Waals surface area (Å²) in [5, 5.41) is 0. The third-order valence-corrected chi connectivity index (χ3v) is 0.954.